The molecule has 104 valence electrons. The van der Waals surface area contributed by atoms with Crippen molar-refractivity contribution in [3.05, 3.63) is 24.3 Å². The van der Waals surface area contributed by atoms with Crippen molar-refractivity contribution in [1.82, 2.24) is 0 Å². The maximum absolute atomic E-state index is 11.7. The first kappa shape index (κ1) is 15.0. The molecule has 0 heterocycles. The van der Waals surface area contributed by atoms with Gasteiger partial charge < -0.3 is 20.5 Å². The van der Waals surface area contributed by atoms with Crippen molar-refractivity contribution in [2.24, 2.45) is 11.7 Å². The molecule has 0 aromatic heterocycles. The summed E-state index contributed by atoms with van der Waals surface area (Å²) in [5, 5.41) is 2.72. The van der Waals surface area contributed by atoms with Gasteiger partial charge in [-0.25, -0.2) is 4.79 Å². The van der Waals surface area contributed by atoms with Crippen LogP contribution in [0.3, 0.4) is 0 Å². The van der Waals surface area contributed by atoms with Crippen LogP contribution in [-0.4, -0.2) is 32.1 Å². The molecule has 0 saturated carbocycles. The molecule has 1 aromatic carbocycles. The average Bonchev–Trinajstić information content (AvgIpc) is 2.44. The summed E-state index contributed by atoms with van der Waals surface area (Å²) in [5.74, 6) is -0.415. The summed E-state index contributed by atoms with van der Waals surface area (Å²) in [6, 6.07) is 6.76. The lowest BCUT2D eigenvalue weighted by atomic mass is 10.1. The van der Waals surface area contributed by atoms with Crippen molar-refractivity contribution >= 4 is 17.6 Å². The molecule has 6 nitrogen and oxygen atoms in total. The predicted molar refractivity (Wildman–Crippen MR) is 70.8 cm³/mol. The second kappa shape index (κ2) is 7.38. The van der Waals surface area contributed by atoms with Gasteiger partial charge in [-0.1, -0.05) is 13.0 Å². The topological polar surface area (TPSA) is 90.6 Å². The van der Waals surface area contributed by atoms with Crippen molar-refractivity contribution in [3.63, 3.8) is 0 Å². The summed E-state index contributed by atoms with van der Waals surface area (Å²) in [5.41, 5.74) is 6.01. The summed E-state index contributed by atoms with van der Waals surface area (Å²) in [7, 11) is 1.29. The van der Waals surface area contributed by atoms with Crippen molar-refractivity contribution in [2.75, 3.05) is 25.6 Å². The molecule has 3 N–H and O–H groups in total. The Hall–Kier alpha value is -2.08. The second-order valence-corrected chi connectivity index (χ2v) is 4.02. The first-order chi connectivity index (χ1) is 9.06. The zero-order valence-electron chi connectivity index (χ0n) is 11.0. The molecule has 0 spiro atoms. The number of methoxy groups -OCH3 is 1. The summed E-state index contributed by atoms with van der Waals surface area (Å²) < 4.78 is 9.68. The number of hydrogen-bond acceptors (Lipinski definition) is 5. The standard InChI is InChI=1S/C13H18N2O4/c1-9(7-14)13(17)15-10-4-3-5-11(6-10)19-8-12(16)18-2/h3-6,9H,7-8,14H2,1-2H3,(H,15,17). The van der Waals surface area contributed by atoms with Crippen LogP contribution in [0.1, 0.15) is 6.92 Å². The number of anilines is 1. The smallest absolute Gasteiger partial charge is 0.343 e. The monoisotopic (exact) mass is 266 g/mol. The molecule has 0 bridgehead atoms. The first-order valence-corrected chi connectivity index (χ1v) is 5.87. The molecule has 0 aliphatic carbocycles. The van der Waals surface area contributed by atoms with Crippen LogP contribution in [0.15, 0.2) is 24.3 Å². The summed E-state index contributed by atoms with van der Waals surface area (Å²) in [6.07, 6.45) is 0. The molecule has 0 saturated heterocycles. The number of nitrogens with one attached hydrogen (secondary N) is 1. The zero-order chi connectivity index (χ0) is 14.3. The normalized spacial score (nSPS) is 11.5. The SMILES string of the molecule is COC(=O)COc1cccc(NC(=O)C(C)CN)c1. The van der Waals surface area contributed by atoms with Crippen LogP contribution in [0.5, 0.6) is 5.75 Å². The number of hydrogen-bond donors (Lipinski definition) is 2. The lowest BCUT2D eigenvalue weighted by molar-refractivity contribution is -0.142. The van der Waals surface area contributed by atoms with Crippen molar-refractivity contribution in [2.45, 2.75) is 6.92 Å². The van der Waals surface area contributed by atoms with Gasteiger partial charge in [-0.2, -0.15) is 0 Å². The molecular weight excluding hydrogens is 248 g/mol. The average molecular weight is 266 g/mol. The second-order valence-electron chi connectivity index (χ2n) is 4.02. The van der Waals surface area contributed by atoms with Gasteiger partial charge in [-0.05, 0) is 12.1 Å². The maximum atomic E-state index is 11.7. The summed E-state index contributed by atoms with van der Waals surface area (Å²) in [6.45, 7) is 1.85. The number of carbonyl (C=O) groups excluding carboxylic acids is 2. The van der Waals surface area contributed by atoms with E-state index in [-0.39, 0.29) is 25.0 Å². The Morgan fingerprint density at radius 3 is 2.79 bits per heavy atom. The van der Waals surface area contributed by atoms with E-state index >= 15 is 0 Å². The molecule has 19 heavy (non-hydrogen) atoms. The molecule has 1 unspecified atom stereocenters. The highest BCUT2D eigenvalue weighted by atomic mass is 16.6. The largest absolute Gasteiger partial charge is 0.482 e. The fourth-order valence-corrected chi connectivity index (χ4v) is 1.24. The van der Waals surface area contributed by atoms with Crippen LogP contribution in [-0.2, 0) is 14.3 Å². The minimum Gasteiger partial charge on any atom is -0.482 e. The lowest BCUT2D eigenvalue weighted by Crippen LogP contribution is -2.26. The highest BCUT2D eigenvalue weighted by Crippen LogP contribution is 2.17. The Morgan fingerprint density at radius 1 is 1.42 bits per heavy atom. The van der Waals surface area contributed by atoms with E-state index in [4.69, 9.17) is 10.5 Å². The Kier molecular flexibility index (Phi) is 5.81. The van der Waals surface area contributed by atoms with E-state index in [9.17, 15) is 9.59 Å². The van der Waals surface area contributed by atoms with Gasteiger partial charge in [0.1, 0.15) is 5.75 Å². The third kappa shape index (κ3) is 4.97. The number of nitrogens with two attached hydrogens (primary N) is 1. The van der Waals surface area contributed by atoms with Crippen LogP contribution in [0.4, 0.5) is 5.69 Å². The predicted octanol–water partition coefficient (Wildman–Crippen LogP) is 0.772. The summed E-state index contributed by atoms with van der Waals surface area (Å²) >= 11 is 0. The Labute approximate surface area is 111 Å². The van der Waals surface area contributed by atoms with E-state index in [2.05, 4.69) is 10.1 Å². The molecule has 1 atom stereocenters. The number of benzene rings is 1. The molecule has 1 amide bonds. The Balaban J connectivity index is 2.61. The van der Waals surface area contributed by atoms with Crippen molar-refractivity contribution in [1.29, 1.82) is 0 Å². The van der Waals surface area contributed by atoms with Crippen LogP contribution >= 0.6 is 0 Å². The van der Waals surface area contributed by atoms with Gasteiger partial charge in [0.15, 0.2) is 6.61 Å². The number of ether oxygens (including phenoxy) is 2. The van der Waals surface area contributed by atoms with Gasteiger partial charge in [0.25, 0.3) is 0 Å². The highest BCUT2D eigenvalue weighted by molar-refractivity contribution is 5.92. The van der Waals surface area contributed by atoms with Gasteiger partial charge in [-0.3, -0.25) is 4.79 Å². The maximum Gasteiger partial charge on any atom is 0.343 e. The van der Waals surface area contributed by atoms with E-state index in [1.165, 1.54) is 7.11 Å². The lowest BCUT2D eigenvalue weighted by Gasteiger charge is -2.11. The van der Waals surface area contributed by atoms with Crippen LogP contribution in [0.2, 0.25) is 0 Å². The van der Waals surface area contributed by atoms with E-state index in [1.54, 1.807) is 31.2 Å². The minimum absolute atomic E-state index is 0.160. The van der Waals surface area contributed by atoms with E-state index in [0.29, 0.717) is 11.4 Å². The van der Waals surface area contributed by atoms with Gasteiger partial charge in [0.2, 0.25) is 5.91 Å². The van der Waals surface area contributed by atoms with Crippen LogP contribution in [0, 0.1) is 5.92 Å². The molecule has 6 heteroatoms. The molecule has 0 aliphatic rings. The number of rotatable bonds is 6. The molecule has 1 rings (SSSR count). The third-order valence-electron chi connectivity index (χ3n) is 2.49. The fourth-order valence-electron chi connectivity index (χ4n) is 1.24. The molecule has 1 aromatic rings. The first-order valence-electron chi connectivity index (χ1n) is 5.87. The number of amides is 1. The van der Waals surface area contributed by atoms with Gasteiger partial charge in [-0.15, -0.1) is 0 Å². The van der Waals surface area contributed by atoms with Gasteiger partial charge in [0.05, 0.1) is 7.11 Å². The quantitative estimate of drug-likeness (QED) is 0.742. The number of carbonyl (C=O) groups is 2. The van der Waals surface area contributed by atoms with Crippen LogP contribution < -0.4 is 15.8 Å². The molecule has 0 fully saturated rings. The van der Waals surface area contributed by atoms with Crippen molar-refractivity contribution in [3.8, 4) is 5.75 Å². The van der Waals surface area contributed by atoms with Crippen LogP contribution in [0.25, 0.3) is 0 Å². The molecule has 0 radical (unpaired) electrons. The third-order valence-corrected chi connectivity index (χ3v) is 2.49. The van der Waals surface area contributed by atoms with Gasteiger partial charge >= 0.3 is 5.97 Å². The summed E-state index contributed by atoms with van der Waals surface area (Å²) in [4.78, 5) is 22.6. The Morgan fingerprint density at radius 2 is 2.16 bits per heavy atom. The molecular formula is C13H18N2O4. The van der Waals surface area contributed by atoms with Crippen molar-refractivity contribution < 1.29 is 19.1 Å². The zero-order valence-corrected chi connectivity index (χ0v) is 11.0. The highest BCUT2D eigenvalue weighted by Gasteiger charge is 2.11. The van der Waals surface area contributed by atoms with E-state index in [1.807, 2.05) is 0 Å². The fraction of sp³-hybridized carbons (Fsp3) is 0.385. The molecule has 0 aliphatic heterocycles. The Bertz CT molecular complexity index is 448. The van der Waals surface area contributed by atoms with E-state index < -0.39 is 5.97 Å². The number of esters is 1. The van der Waals surface area contributed by atoms with Gasteiger partial charge in [0, 0.05) is 24.2 Å². The van der Waals surface area contributed by atoms with E-state index in [0.717, 1.165) is 0 Å². The minimum atomic E-state index is -0.466.